The molecule has 1 aromatic rings. The Kier molecular flexibility index (Phi) is 8.26. The van der Waals surface area contributed by atoms with Gasteiger partial charge < -0.3 is 24.8 Å². The first-order valence-corrected chi connectivity index (χ1v) is 9.18. The quantitative estimate of drug-likeness (QED) is 0.374. The summed E-state index contributed by atoms with van der Waals surface area (Å²) < 4.78 is 24.5. The van der Waals surface area contributed by atoms with Crippen molar-refractivity contribution in [2.75, 3.05) is 46.0 Å². The van der Waals surface area contributed by atoms with Crippen molar-refractivity contribution in [3.8, 4) is 0 Å². The summed E-state index contributed by atoms with van der Waals surface area (Å²) in [6.45, 7) is 7.89. The van der Waals surface area contributed by atoms with E-state index in [9.17, 15) is 9.50 Å². The average molecular weight is 493 g/mol. The van der Waals surface area contributed by atoms with Gasteiger partial charge in [-0.25, -0.2) is 4.39 Å². The summed E-state index contributed by atoms with van der Waals surface area (Å²) in [4.78, 5) is 6.93. The number of hydrogen-bond acceptors (Lipinski definition) is 4. The normalized spacial score (nSPS) is 24.7. The number of nitrogens with one attached hydrogen (secondary N) is 1. The molecule has 2 atom stereocenters. The lowest BCUT2D eigenvalue weighted by Gasteiger charge is -2.41. The highest BCUT2D eigenvalue weighted by molar-refractivity contribution is 14.0. The molecule has 27 heavy (non-hydrogen) atoms. The van der Waals surface area contributed by atoms with Crippen molar-refractivity contribution in [2.45, 2.75) is 26.1 Å². The van der Waals surface area contributed by atoms with Crippen LogP contribution >= 0.6 is 24.0 Å². The Morgan fingerprint density at radius 3 is 2.59 bits per heavy atom. The second-order valence-electron chi connectivity index (χ2n) is 7.21. The van der Waals surface area contributed by atoms with Gasteiger partial charge in [0.1, 0.15) is 11.9 Å². The number of aliphatic hydroxyl groups excluding tert-OH is 1. The van der Waals surface area contributed by atoms with Gasteiger partial charge in [0, 0.05) is 13.1 Å². The van der Waals surface area contributed by atoms with Gasteiger partial charge in [0.2, 0.25) is 0 Å². The summed E-state index contributed by atoms with van der Waals surface area (Å²) >= 11 is 0. The van der Waals surface area contributed by atoms with Crippen molar-refractivity contribution in [3.05, 3.63) is 35.6 Å². The average Bonchev–Trinajstić information content (AvgIpc) is 2.60. The Balaban J connectivity index is 0.00000261. The number of rotatable bonds is 5. The topological polar surface area (TPSA) is 66.3 Å². The van der Waals surface area contributed by atoms with E-state index < -0.39 is 0 Å². The van der Waals surface area contributed by atoms with Gasteiger partial charge in [-0.15, -0.1) is 24.0 Å². The number of nitrogens with zero attached hydrogens (tertiary/aromatic N) is 2. The van der Waals surface area contributed by atoms with E-state index in [1.165, 1.54) is 12.1 Å². The largest absolute Gasteiger partial charge is 0.396 e. The van der Waals surface area contributed by atoms with Gasteiger partial charge in [0.25, 0.3) is 0 Å². The summed E-state index contributed by atoms with van der Waals surface area (Å²) in [6.07, 6.45) is -0.108. The molecule has 0 radical (unpaired) electrons. The van der Waals surface area contributed by atoms with E-state index in [0.717, 1.165) is 24.6 Å². The lowest BCUT2D eigenvalue weighted by atomic mass is 9.87. The molecule has 2 unspecified atom stereocenters. The Labute approximate surface area is 177 Å². The van der Waals surface area contributed by atoms with Crippen LogP contribution < -0.4 is 5.32 Å². The highest BCUT2D eigenvalue weighted by atomic mass is 127. The summed E-state index contributed by atoms with van der Waals surface area (Å²) in [5, 5.41) is 12.9. The van der Waals surface area contributed by atoms with E-state index in [-0.39, 0.29) is 54.0 Å². The van der Waals surface area contributed by atoms with E-state index in [4.69, 9.17) is 14.5 Å². The minimum Gasteiger partial charge on any atom is -0.396 e. The van der Waals surface area contributed by atoms with Crippen LogP contribution in [0.2, 0.25) is 0 Å². The van der Waals surface area contributed by atoms with Crippen LogP contribution in [0.3, 0.4) is 0 Å². The van der Waals surface area contributed by atoms with Crippen LogP contribution in [0, 0.1) is 11.2 Å². The lowest BCUT2D eigenvalue weighted by Crippen LogP contribution is -2.52. The van der Waals surface area contributed by atoms with Crippen LogP contribution in [0.15, 0.2) is 29.3 Å². The fourth-order valence-corrected chi connectivity index (χ4v) is 3.28. The van der Waals surface area contributed by atoms with Crippen LogP contribution in [-0.4, -0.2) is 68.1 Å². The minimum atomic E-state index is -0.255. The first-order valence-electron chi connectivity index (χ1n) is 9.18. The van der Waals surface area contributed by atoms with Crippen molar-refractivity contribution in [1.82, 2.24) is 10.2 Å². The molecule has 152 valence electrons. The van der Waals surface area contributed by atoms with Crippen molar-refractivity contribution in [2.24, 2.45) is 10.4 Å². The molecule has 2 saturated heterocycles. The van der Waals surface area contributed by atoms with Gasteiger partial charge in [0.05, 0.1) is 44.4 Å². The Bertz CT molecular complexity index is 620. The third-order valence-corrected chi connectivity index (χ3v) is 4.85. The zero-order chi connectivity index (χ0) is 18.6. The van der Waals surface area contributed by atoms with Crippen molar-refractivity contribution < 1.29 is 19.0 Å². The molecule has 0 saturated carbocycles. The fourth-order valence-electron chi connectivity index (χ4n) is 3.28. The third-order valence-electron chi connectivity index (χ3n) is 4.85. The maximum absolute atomic E-state index is 13.2. The summed E-state index contributed by atoms with van der Waals surface area (Å²) in [5.41, 5.74) is 0.701. The molecular weight excluding hydrogens is 464 g/mol. The van der Waals surface area contributed by atoms with E-state index in [2.05, 4.69) is 10.2 Å². The van der Waals surface area contributed by atoms with Crippen molar-refractivity contribution in [1.29, 1.82) is 0 Å². The number of halogens is 2. The number of guanidine groups is 1. The molecule has 2 fully saturated rings. The highest BCUT2D eigenvalue weighted by Gasteiger charge is 2.38. The molecule has 2 aliphatic heterocycles. The lowest BCUT2D eigenvalue weighted by molar-refractivity contribution is -0.130. The van der Waals surface area contributed by atoms with Gasteiger partial charge in [-0.2, -0.15) is 0 Å². The van der Waals surface area contributed by atoms with Crippen molar-refractivity contribution >= 4 is 29.9 Å². The second kappa shape index (κ2) is 9.99. The number of aliphatic imine (C=N–C) groups is 1. The predicted octanol–water partition coefficient (Wildman–Crippen LogP) is 2.18. The van der Waals surface area contributed by atoms with Gasteiger partial charge in [-0.05, 0) is 31.5 Å². The SMILES string of the molecule is CCNC(=NCC1(CO)COC1)N1CC(C)OC(c2ccc(F)cc2)C1.I. The van der Waals surface area contributed by atoms with Crippen LogP contribution in [-0.2, 0) is 9.47 Å². The highest BCUT2D eigenvalue weighted by Crippen LogP contribution is 2.28. The van der Waals surface area contributed by atoms with Gasteiger partial charge in [-0.1, -0.05) is 12.1 Å². The Morgan fingerprint density at radius 2 is 2.04 bits per heavy atom. The number of hydrogen-bond donors (Lipinski definition) is 2. The first-order chi connectivity index (χ1) is 12.5. The van der Waals surface area contributed by atoms with E-state index >= 15 is 0 Å². The standard InChI is InChI=1S/C19H28FN3O3.HI/c1-3-21-18(22-10-19(11-24)12-25-13-19)23-8-14(2)26-17(9-23)15-4-6-16(20)7-5-15;/h4-7,14,17,24H,3,8-13H2,1-2H3,(H,21,22);1H. The molecule has 8 heteroatoms. The molecule has 6 nitrogen and oxygen atoms in total. The number of morpholine rings is 1. The van der Waals surface area contributed by atoms with Gasteiger partial charge in [-0.3, -0.25) is 4.99 Å². The summed E-state index contributed by atoms with van der Waals surface area (Å²) in [5.74, 6) is 0.566. The zero-order valence-electron chi connectivity index (χ0n) is 15.9. The van der Waals surface area contributed by atoms with Gasteiger partial charge in [0.15, 0.2) is 5.96 Å². The smallest absolute Gasteiger partial charge is 0.194 e. The molecule has 0 aliphatic carbocycles. The molecule has 0 amide bonds. The second-order valence-corrected chi connectivity index (χ2v) is 7.21. The number of aliphatic hydroxyl groups is 1. The van der Waals surface area contributed by atoms with E-state index in [1.54, 1.807) is 12.1 Å². The van der Waals surface area contributed by atoms with Crippen molar-refractivity contribution in [3.63, 3.8) is 0 Å². The molecule has 2 heterocycles. The van der Waals surface area contributed by atoms with E-state index in [1.807, 2.05) is 13.8 Å². The predicted molar refractivity (Wildman–Crippen MR) is 113 cm³/mol. The minimum absolute atomic E-state index is 0. The molecule has 2 aliphatic rings. The van der Waals surface area contributed by atoms with Crippen LogP contribution in [0.25, 0.3) is 0 Å². The molecular formula is C19H29FIN3O3. The Hall–Kier alpha value is -0.970. The molecule has 1 aromatic carbocycles. The number of benzene rings is 1. The molecule has 0 aromatic heterocycles. The molecule has 3 rings (SSSR count). The van der Waals surface area contributed by atoms with E-state index in [0.29, 0.717) is 26.3 Å². The van der Waals surface area contributed by atoms with Gasteiger partial charge >= 0.3 is 0 Å². The third kappa shape index (κ3) is 5.52. The monoisotopic (exact) mass is 493 g/mol. The fraction of sp³-hybridized carbons (Fsp3) is 0.632. The number of ether oxygens (including phenoxy) is 2. The first kappa shape index (κ1) is 22.3. The van der Waals surface area contributed by atoms with Crippen LogP contribution in [0.5, 0.6) is 0 Å². The Morgan fingerprint density at radius 1 is 1.33 bits per heavy atom. The summed E-state index contributed by atoms with van der Waals surface area (Å²) in [6, 6.07) is 6.46. The van der Waals surface area contributed by atoms with Crippen LogP contribution in [0.1, 0.15) is 25.5 Å². The molecule has 2 N–H and O–H groups in total. The maximum Gasteiger partial charge on any atom is 0.194 e. The summed E-state index contributed by atoms with van der Waals surface area (Å²) in [7, 11) is 0. The molecule has 0 spiro atoms. The molecule has 0 bridgehead atoms. The maximum atomic E-state index is 13.2. The van der Waals surface area contributed by atoms with Crippen LogP contribution in [0.4, 0.5) is 4.39 Å². The zero-order valence-corrected chi connectivity index (χ0v) is 18.2.